The third kappa shape index (κ3) is 5.23. The molecule has 0 fully saturated rings. The van der Waals surface area contributed by atoms with E-state index in [0.717, 1.165) is 11.4 Å². The first kappa shape index (κ1) is 13.1. The van der Waals surface area contributed by atoms with Gasteiger partial charge < -0.3 is 5.73 Å². The number of halogens is 2. The molecule has 0 atom stereocenters. The van der Waals surface area contributed by atoms with Crippen LogP contribution in [0.1, 0.15) is 0 Å². The zero-order valence-corrected chi connectivity index (χ0v) is 11.4. The standard InChI is InChI=1S/C6H6ClN.C6H6IN/c7-8-6-4-2-1-3-5-6;7-5-1-3-6(8)4-2-5/h1-5,8H;1-4H,8H2. The fourth-order valence-electron chi connectivity index (χ4n) is 0.964. The summed E-state index contributed by atoms with van der Waals surface area (Å²) in [4.78, 5) is 2.50. The first-order chi connectivity index (χ1) is 7.72. The zero-order chi connectivity index (χ0) is 11.8. The number of para-hydroxylation sites is 1. The molecule has 3 N–H and O–H groups in total. The van der Waals surface area contributed by atoms with Gasteiger partial charge in [-0.1, -0.05) is 18.2 Å². The molecule has 4 heteroatoms. The number of nitrogens with two attached hydrogens (primary N) is 1. The van der Waals surface area contributed by atoms with Crippen molar-refractivity contribution in [3.05, 3.63) is 58.2 Å². The summed E-state index contributed by atoms with van der Waals surface area (Å²) in [5, 5.41) is 0. The number of hydrogen-bond acceptors (Lipinski definition) is 2. The summed E-state index contributed by atoms with van der Waals surface area (Å²) in [6.45, 7) is 0. The number of anilines is 2. The maximum absolute atomic E-state index is 5.42. The molecule has 0 radical (unpaired) electrons. The minimum atomic E-state index is 0.824. The lowest BCUT2D eigenvalue weighted by atomic mass is 10.3. The summed E-state index contributed by atoms with van der Waals surface area (Å²) < 4.78 is 1.22. The van der Waals surface area contributed by atoms with Crippen LogP contribution in [0.4, 0.5) is 11.4 Å². The second-order valence-corrected chi connectivity index (χ2v) is 4.45. The molecule has 0 aliphatic heterocycles. The van der Waals surface area contributed by atoms with Crippen molar-refractivity contribution in [3.63, 3.8) is 0 Å². The Labute approximate surface area is 114 Å². The molecule has 0 unspecified atom stereocenters. The molecule has 16 heavy (non-hydrogen) atoms. The Morgan fingerprint density at radius 3 is 1.88 bits per heavy atom. The van der Waals surface area contributed by atoms with E-state index in [0.29, 0.717) is 0 Å². The Balaban J connectivity index is 0.000000160. The van der Waals surface area contributed by atoms with Crippen molar-refractivity contribution in [1.82, 2.24) is 0 Å². The quantitative estimate of drug-likeness (QED) is 0.463. The van der Waals surface area contributed by atoms with Crippen LogP contribution in [0.2, 0.25) is 0 Å². The van der Waals surface area contributed by atoms with Gasteiger partial charge in [0.05, 0.1) is 0 Å². The van der Waals surface area contributed by atoms with Crippen LogP contribution in [0, 0.1) is 3.57 Å². The summed E-state index contributed by atoms with van der Waals surface area (Å²) in [6, 6.07) is 17.3. The number of benzene rings is 2. The predicted molar refractivity (Wildman–Crippen MR) is 79.5 cm³/mol. The number of nitrogen functional groups attached to an aromatic ring is 1. The lowest BCUT2D eigenvalue weighted by molar-refractivity contribution is 1.63. The smallest absolute Gasteiger partial charge is 0.0491 e. The average molecular weight is 347 g/mol. The van der Waals surface area contributed by atoms with E-state index >= 15 is 0 Å². The minimum absolute atomic E-state index is 0.824. The van der Waals surface area contributed by atoms with Crippen molar-refractivity contribution in [3.8, 4) is 0 Å². The monoisotopic (exact) mass is 346 g/mol. The minimum Gasteiger partial charge on any atom is -0.399 e. The van der Waals surface area contributed by atoms with Crippen molar-refractivity contribution in [2.75, 3.05) is 10.6 Å². The van der Waals surface area contributed by atoms with E-state index in [2.05, 4.69) is 27.4 Å². The van der Waals surface area contributed by atoms with E-state index in [1.165, 1.54) is 3.57 Å². The molecule has 2 nitrogen and oxygen atoms in total. The van der Waals surface area contributed by atoms with E-state index < -0.39 is 0 Å². The van der Waals surface area contributed by atoms with Crippen LogP contribution in [0.25, 0.3) is 0 Å². The van der Waals surface area contributed by atoms with Gasteiger partial charge >= 0.3 is 0 Å². The highest BCUT2D eigenvalue weighted by Gasteiger charge is 1.82. The normalized spacial score (nSPS) is 8.88. The topological polar surface area (TPSA) is 38.0 Å². The summed E-state index contributed by atoms with van der Waals surface area (Å²) >= 11 is 7.52. The van der Waals surface area contributed by atoms with Crippen LogP contribution in [0.15, 0.2) is 54.6 Å². The van der Waals surface area contributed by atoms with E-state index in [4.69, 9.17) is 17.5 Å². The van der Waals surface area contributed by atoms with Crippen LogP contribution in [0.3, 0.4) is 0 Å². The molecule has 0 aliphatic carbocycles. The lowest BCUT2D eigenvalue weighted by Gasteiger charge is -1.91. The number of nitrogens with one attached hydrogen (secondary N) is 1. The van der Waals surface area contributed by atoms with Gasteiger partial charge in [0.2, 0.25) is 0 Å². The third-order valence-electron chi connectivity index (χ3n) is 1.75. The molecular formula is C12H12ClIN2. The zero-order valence-electron chi connectivity index (χ0n) is 8.53. The molecule has 0 amide bonds. The largest absolute Gasteiger partial charge is 0.399 e. The first-order valence-corrected chi connectivity index (χ1v) is 6.11. The molecule has 0 aliphatic rings. The van der Waals surface area contributed by atoms with Crippen LogP contribution in [-0.2, 0) is 0 Å². The van der Waals surface area contributed by atoms with Gasteiger partial charge in [0.15, 0.2) is 0 Å². The van der Waals surface area contributed by atoms with E-state index in [1.54, 1.807) is 0 Å². The molecule has 0 saturated heterocycles. The Hall–Kier alpha value is -0.940. The van der Waals surface area contributed by atoms with Crippen LogP contribution in [-0.4, -0.2) is 0 Å². The highest BCUT2D eigenvalue weighted by molar-refractivity contribution is 14.1. The summed E-state index contributed by atoms with van der Waals surface area (Å²) in [6.07, 6.45) is 0. The van der Waals surface area contributed by atoms with Gasteiger partial charge in [-0.2, -0.15) is 0 Å². The third-order valence-corrected chi connectivity index (χ3v) is 2.69. The first-order valence-electron chi connectivity index (χ1n) is 4.65. The SMILES string of the molecule is ClNc1ccccc1.Nc1ccc(I)cc1. The van der Waals surface area contributed by atoms with E-state index in [9.17, 15) is 0 Å². The number of rotatable bonds is 1. The Kier molecular flexibility index (Phi) is 6.03. The van der Waals surface area contributed by atoms with Gasteiger partial charge in [0.1, 0.15) is 0 Å². The molecule has 2 rings (SSSR count). The van der Waals surface area contributed by atoms with E-state index in [1.807, 2.05) is 54.6 Å². The second kappa shape index (κ2) is 7.35. The second-order valence-electron chi connectivity index (χ2n) is 3.01. The maximum atomic E-state index is 5.42. The van der Waals surface area contributed by atoms with Crippen molar-refractivity contribution >= 4 is 45.7 Å². The van der Waals surface area contributed by atoms with Gasteiger partial charge in [0.25, 0.3) is 0 Å². The fraction of sp³-hybridized carbons (Fsp3) is 0. The van der Waals surface area contributed by atoms with Gasteiger partial charge in [-0.15, -0.1) is 0 Å². The maximum Gasteiger partial charge on any atom is 0.0491 e. The summed E-state index contributed by atoms with van der Waals surface area (Å²) in [5.41, 5.74) is 7.17. The van der Waals surface area contributed by atoms with Gasteiger partial charge in [-0.25, -0.2) is 0 Å². The van der Waals surface area contributed by atoms with Crippen molar-refractivity contribution in [2.24, 2.45) is 0 Å². The summed E-state index contributed by atoms with van der Waals surface area (Å²) in [7, 11) is 0. The Bertz CT molecular complexity index is 382. The molecule has 0 spiro atoms. The lowest BCUT2D eigenvalue weighted by Crippen LogP contribution is -1.81. The van der Waals surface area contributed by atoms with Crippen molar-refractivity contribution in [2.45, 2.75) is 0 Å². The highest BCUT2D eigenvalue weighted by Crippen LogP contribution is 2.06. The Morgan fingerprint density at radius 1 is 0.938 bits per heavy atom. The van der Waals surface area contributed by atoms with Crippen molar-refractivity contribution in [1.29, 1.82) is 0 Å². The molecule has 84 valence electrons. The molecule has 0 bridgehead atoms. The fourth-order valence-corrected chi connectivity index (χ4v) is 1.45. The van der Waals surface area contributed by atoms with E-state index in [-0.39, 0.29) is 0 Å². The highest BCUT2D eigenvalue weighted by atomic mass is 127. The molecule has 0 saturated carbocycles. The van der Waals surface area contributed by atoms with Gasteiger partial charge in [0, 0.05) is 26.7 Å². The molecular weight excluding hydrogens is 335 g/mol. The molecule has 0 heterocycles. The summed E-state index contributed by atoms with van der Waals surface area (Å²) in [5.74, 6) is 0. The molecule has 2 aromatic rings. The van der Waals surface area contributed by atoms with Gasteiger partial charge in [-0.05, 0) is 59.0 Å². The van der Waals surface area contributed by atoms with Crippen molar-refractivity contribution < 1.29 is 0 Å². The molecule has 0 aromatic heterocycles. The Morgan fingerprint density at radius 2 is 1.50 bits per heavy atom. The van der Waals surface area contributed by atoms with Crippen LogP contribution in [0.5, 0.6) is 0 Å². The predicted octanol–water partition coefficient (Wildman–Crippen LogP) is 4.13. The number of hydrogen-bond donors (Lipinski definition) is 2. The average Bonchev–Trinajstić information content (AvgIpc) is 2.35. The molecule has 2 aromatic carbocycles. The van der Waals surface area contributed by atoms with Gasteiger partial charge in [-0.3, -0.25) is 4.84 Å². The van der Waals surface area contributed by atoms with Crippen LogP contribution < -0.4 is 10.6 Å². The van der Waals surface area contributed by atoms with Crippen LogP contribution >= 0.6 is 34.4 Å².